The first-order chi connectivity index (χ1) is 16.9. The molecule has 2 aliphatic rings. The van der Waals surface area contributed by atoms with Crippen molar-refractivity contribution in [2.24, 2.45) is 5.92 Å². The van der Waals surface area contributed by atoms with E-state index in [1.165, 1.54) is 12.1 Å². The molecule has 1 aromatic carbocycles. The summed E-state index contributed by atoms with van der Waals surface area (Å²) in [7, 11) is 0. The molecule has 35 heavy (non-hydrogen) atoms. The monoisotopic (exact) mass is 468 g/mol. The van der Waals surface area contributed by atoms with Crippen LogP contribution in [0.1, 0.15) is 42.6 Å². The van der Waals surface area contributed by atoms with Crippen LogP contribution in [-0.2, 0) is 6.42 Å². The third kappa shape index (κ3) is 4.58. The van der Waals surface area contributed by atoms with Crippen molar-refractivity contribution in [3.63, 3.8) is 0 Å². The minimum absolute atomic E-state index is 0.151. The zero-order valence-electron chi connectivity index (χ0n) is 19.3. The third-order valence-electron chi connectivity index (χ3n) is 6.42. The molecule has 1 atom stereocenters. The SMILES string of the molecule is C[C@H]1Oc2cc(cnc2N)/C(NCC2CC2)=C(/C(=N)C#N)Cc2cccnc2-c2ccc(F)cc21. The largest absolute Gasteiger partial charge is 0.482 e. The van der Waals surface area contributed by atoms with Crippen molar-refractivity contribution in [1.29, 1.82) is 10.7 Å². The molecule has 1 aliphatic heterocycles. The van der Waals surface area contributed by atoms with Gasteiger partial charge in [-0.3, -0.25) is 10.4 Å². The quantitative estimate of drug-likeness (QED) is 0.472. The number of nitrogen functional groups attached to an aromatic ring is 1. The normalized spacial score (nSPS) is 19.2. The molecule has 0 spiro atoms. The molecule has 0 saturated heterocycles. The molecule has 1 saturated carbocycles. The van der Waals surface area contributed by atoms with Gasteiger partial charge in [-0.1, -0.05) is 6.07 Å². The number of nitriles is 1. The summed E-state index contributed by atoms with van der Waals surface area (Å²) in [6.45, 7) is 2.56. The number of nitrogens with zero attached hydrogens (tertiary/aromatic N) is 3. The second-order valence-electron chi connectivity index (χ2n) is 8.95. The van der Waals surface area contributed by atoms with Gasteiger partial charge in [0.1, 0.15) is 23.7 Å². The van der Waals surface area contributed by atoms with E-state index >= 15 is 0 Å². The van der Waals surface area contributed by atoms with Gasteiger partial charge in [-0.2, -0.15) is 5.26 Å². The molecule has 0 amide bonds. The summed E-state index contributed by atoms with van der Waals surface area (Å²) in [5.41, 5.74) is 10.6. The molecular formula is C27H25FN6O. The summed E-state index contributed by atoms with van der Waals surface area (Å²) < 4.78 is 20.5. The number of rotatable bonds is 4. The fourth-order valence-electron chi connectivity index (χ4n) is 4.36. The first-order valence-electron chi connectivity index (χ1n) is 11.6. The summed E-state index contributed by atoms with van der Waals surface area (Å²) in [4.78, 5) is 8.95. The summed E-state index contributed by atoms with van der Waals surface area (Å²) in [5.74, 6) is 0.727. The van der Waals surface area contributed by atoms with Crippen molar-refractivity contribution in [1.82, 2.24) is 15.3 Å². The third-order valence-corrected chi connectivity index (χ3v) is 6.42. The maximum atomic E-state index is 14.3. The fourth-order valence-corrected chi connectivity index (χ4v) is 4.36. The minimum atomic E-state index is -0.543. The number of benzene rings is 1. The van der Waals surface area contributed by atoms with Crippen LogP contribution in [0.3, 0.4) is 0 Å². The highest BCUT2D eigenvalue weighted by Gasteiger charge is 2.26. The number of nitrogens with two attached hydrogens (primary N) is 1. The molecule has 3 aromatic rings. The van der Waals surface area contributed by atoms with Crippen molar-refractivity contribution >= 4 is 17.2 Å². The zero-order valence-corrected chi connectivity index (χ0v) is 19.3. The number of halogens is 1. The van der Waals surface area contributed by atoms with Crippen LogP contribution in [0.5, 0.6) is 5.75 Å². The second kappa shape index (κ2) is 9.18. The number of ether oxygens (including phenoxy) is 1. The van der Waals surface area contributed by atoms with Crippen molar-refractivity contribution in [3.05, 3.63) is 76.9 Å². The first kappa shape index (κ1) is 22.5. The van der Waals surface area contributed by atoms with E-state index in [1.807, 2.05) is 25.1 Å². The zero-order chi connectivity index (χ0) is 24.5. The highest BCUT2D eigenvalue weighted by Crippen LogP contribution is 2.37. The Balaban J connectivity index is 1.78. The highest BCUT2D eigenvalue weighted by molar-refractivity contribution is 6.13. The van der Waals surface area contributed by atoms with Crippen molar-refractivity contribution in [2.45, 2.75) is 32.3 Å². The molecule has 4 N–H and O–H groups in total. The predicted octanol–water partition coefficient (Wildman–Crippen LogP) is 4.82. The Morgan fingerprint density at radius 3 is 2.89 bits per heavy atom. The van der Waals surface area contributed by atoms with Gasteiger partial charge in [0.2, 0.25) is 0 Å². The Bertz CT molecular complexity index is 1390. The lowest BCUT2D eigenvalue weighted by molar-refractivity contribution is 0.227. The number of hydrogen-bond acceptors (Lipinski definition) is 7. The van der Waals surface area contributed by atoms with Crippen LogP contribution in [0.15, 0.2) is 54.4 Å². The molecule has 1 aliphatic carbocycles. The predicted molar refractivity (Wildman–Crippen MR) is 132 cm³/mol. The van der Waals surface area contributed by atoms with Crippen LogP contribution >= 0.6 is 0 Å². The molecule has 7 nitrogen and oxygen atoms in total. The number of fused-ring (bicyclic) bond motifs is 5. The van der Waals surface area contributed by atoms with Gasteiger partial charge in [0, 0.05) is 53.3 Å². The van der Waals surface area contributed by atoms with Crippen LogP contribution in [0.4, 0.5) is 10.2 Å². The maximum absolute atomic E-state index is 14.3. The molecule has 3 heterocycles. The van der Waals surface area contributed by atoms with Gasteiger partial charge in [-0.05, 0) is 61.6 Å². The highest BCUT2D eigenvalue weighted by atomic mass is 19.1. The Morgan fingerprint density at radius 1 is 1.29 bits per heavy atom. The van der Waals surface area contributed by atoms with E-state index in [0.717, 1.165) is 24.9 Å². The lowest BCUT2D eigenvalue weighted by Crippen LogP contribution is -2.21. The molecule has 2 bridgehead atoms. The molecule has 176 valence electrons. The minimum Gasteiger partial charge on any atom is -0.482 e. The van der Waals surface area contributed by atoms with E-state index in [4.69, 9.17) is 15.9 Å². The number of allylic oxidation sites excluding steroid dienone is 1. The average molecular weight is 469 g/mol. The standard InChI is InChI=1S/C27H25FN6O/c1-15-21-11-19(28)6-7-20(21)25-17(3-2-8-32-25)9-22(23(30)12-29)26(33-13-16-4-5-16)18-10-24(35-15)27(31)34-14-18/h2-3,6-8,10-11,14-16,30,33H,4-5,9,13H2,1H3,(H2,31,34)/b26-22-,30-23?/t15-/m1/s1. The molecule has 0 unspecified atom stereocenters. The Labute approximate surface area is 203 Å². The summed E-state index contributed by atoms with van der Waals surface area (Å²) >= 11 is 0. The van der Waals surface area contributed by atoms with Crippen LogP contribution in [0, 0.1) is 28.5 Å². The number of pyridine rings is 2. The van der Waals surface area contributed by atoms with E-state index in [2.05, 4.69) is 15.3 Å². The number of nitrogens with one attached hydrogen (secondary N) is 2. The van der Waals surface area contributed by atoms with Crippen molar-refractivity contribution < 1.29 is 9.13 Å². The Kier molecular flexibility index (Phi) is 5.91. The molecule has 1 fully saturated rings. The van der Waals surface area contributed by atoms with Gasteiger partial charge in [0.05, 0.1) is 5.69 Å². The van der Waals surface area contributed by atoms with Crippen LogP contribution in [0.25, 0.3) is 17.0 Å². The average Bonchev–Trinajstić information content (AvgIpc) is 3.69. The summed E-state index contributed by atoms with van der Waals surface area (Å²) in [6.07, 6.45) is 5.34. The molecule has 5 rings (SSSR count). The van der Waals surface area contributed by atoms with Gasteiger partial charge in [0.15, 0.2) is 11.6 Å². The van der Waals surface area contributed by atoms with Crippen LogP contribution < -0.4 is 15.8 Å². The van der Waals surface area contributed by atoms with E-state index in [1.54, 1.807) is 24.5 Å². The van der Waals surface area contributed by atoms with E-state index in [0.29, 0.717) is 45.3 Å². The lowest BCUT2D eigenvalue weighted by Gasteiger charge is -2.23. The van der Waals surface area contributed by atoms with E-state index < -0.39 is 6.10 Å². The van der Waals surface area contributed by atoms with Gasteiger partial charge in [0.25, 0.3) is 0 Å². The Morgan fingerprint density at radius 2 is 2.11 bits per heavy atom. The smallest absolute Gasteiger partial charge is 0.166 e. The van der Waals surface area contributed by atoms with Gasteiger partial charge >= 0.3 is 0 Å². The van der Waals surface area contributed by atoms with E-state index in [-0.39, 0.29) is 23.8 Å². The second-order valence-corrected chi connectivity index (χ2v) is 8.95. The summed E-state index contributed by atoms with van der Waals surface area (Å²) in [5, 5.41) is 21.7. The molecule has 2 aromatic heterocycles. The number of aromatic nitrogens is 2. The topological polar surface area (TPSA) is 121 Å². The fraction of sp³-hybridized carbons (Fsp3) is 0.259. The van der Waals surface area contributed by atoms with Gasteiger partial charge < -0.3 is 15.8 Å². The van der Waals surface area contributed by atoms with Crippen molar-refractivity contribution in [2.75, 3.05) is 12.3 Å². The first-order valence-corrected chi connectivity index (χ1v) is 11.6. The maximum Gasteiger partial charge on any atom is 0.166 e. The Hall–Kier alpha value is -4.25. The molecule has 8 heteroatoms. The van der Waals surface area contributed by atoms with Crippen LogP contribution in [-0.4, -0.2) is 22.2 Å². The van der Waals surface area contributed by atoms with Gasteiger partial charge in [-0.15, -0.1) is 0 Å². The summed E-state index contributed by atoms with van der Waals surface area (Å²) in [6, 6.07) is 12.0. The lowest BCUT2D eigenvalue weighted by atomic mass is 9.91. The van der Waals surface area contributed by atoms with E-state index in [9.17, 15) is 9.65 Å². The molecular weight excluding hydrogens is 443 g/mol. The number of anilines is 1. The van der Waals surface area contributed by atoms with Gasteiger partial charge in [-0.25, -0.2) is 9.37 Å². The molecule has 0 radical (unpaired) electrons. The number of hydrogen-bond donors (Lipinski definition) is 3. The van der Waals surface area contributed by atoms with Crippen LogP contribution in [0.2, 0.25) is 0 Å². The van der Waals surface area contributed by atoms with Crippen molar-refractivity contribution in [3.8, 4) is 23.1 Å².